The number of furan rings is 1. The fourth-order valence-electron chi connectivity index (χ4n) is 2.19. The molecule has 0 aliphatic carbocycles. The molecular weight excluding hydrogens is 340 g/mol. The van der Waals surface area contributed by atoms with Gasteiger partial charge in [0, 0.05) is 19.7 Å². The standard InChI is InChI=1S/C18H18N2O6/c1-13(18(22)19(2)12-14-6-4-3-5-7-14)25-17(21)11-9-15-8-10-16(26-15)20(23)24/h3-11,13H,12H2,1-2H3/b11-9+/t13-/m0/s1. The maximum atomic E-state index is 12.3. The lowest BCUT2D eigenvalue weighted by Crippen LogP contribution is -2.36. The summed E-state index contributed by atoms with van der Waals surface area (Å²) in [5.41, 5.74) is 0.959. The van der Waals surface area contributed by atoms with Crippen molar-refractivity contribution in [3.05, 3.63) is 70.0 Å². The maximum absolute atomic E-state index is 12.3. The first kappa shape index (κ1) is 18.9. The van der Waals surface area contributed by atoms with Gasteiger partial charge in [0.25, 0.3) is 5.91 Å². The molecule has 1 heterocycles. The van der Waals surface area contributed by atoms with E-state index < -0.39 is 22.9 Å². The molecule has 1 aromatic carbocycles. The van der Waals surface area contributed by atoms with Gasteiger partial charge < -0.3 is 14.1 Å². The molecular formula is C18H18N2O6. The molecule has 0 saturated carbocycles. The molecule has 26 heavy (non-hydrogen) atoms. The Balaban J connectivity index is 1.87. The minimum absolute atomic E-state index is 0.133. The highest BCUT2D eigenvalue weighted by molar-refractivity contribution is 5.90. The number of amides is 1. The van der Waals surface area contributed by atoms with Crippen molar-refractivity contribution in [3.63, 3.8) is 0 Å². The molecule has 0 N–H and O–H groups in total. The van der Waals surface area contributed by atoms with Crippen LogP contribution in [-0.4, -0.2) is 34.9 Å². The van der Waals surface area contributed by atoms with Crippen LogP contribution in [0.4, 0.5) is 5.88 Å². The van der Waals surface area contributed by atoms with E-state index in [0.717, 1.165) is 11.6 Å². The van der Waals surface area contributed by atoms with Crippen molar-refractivity contribution in [2.75, 3.05) is 7.05 Å². The van der Waals surface area contributed by atoms with Crippen LogP contribution in [0.25, 0.3) is 6.08 Å². The van der Waals surface area contributed by atoms with Gasteiger partial charge in [0.15, 0.2) is 6.10 Å². The third-order valence-corrected chi connectivity index (χ3v) is 3.46. The van der Waals surface area contributed by atoms with E-state index in [1.165, 1.54) is 30.0 Å². The van der Waals surface area contributed by atoms with Gasteiger partial charge in [0.1, 0.15) is 10.7 Å². The minimum atomic E-state index is -0.966. The van der Waals surface area contributed by atoms with Gasteiger partial charge >= 0.3 is 11.9 Å². The monoisotopic (exact) mass is 358 g/mol. The number of likely N-dealkylation sites (N-methyl/N-ethyl adjacent to an activating group) is 1. The fourth-order valence-corrected chi connectivity index (χ4v) is 2.19. The highest BCUT2D eigenvalue weighted by Crippen LogP contribution is 2.16. The zero-order chi connectivity index (χ0) is 19.1. The van der Waals surface area contributed by atoms with Gasteiger partial charge in [-0.3, -0.25) is 14.9 Å². The molecule has 0 fully saturated rings. The van der Waals surface area contributed by atoms with Crippen LogP contribution in [0.5, 0.6) is 0 Å². The topological polar surface area (TPSA) is 103 Å². The van der Waals surface area contributed by atoms with Gasteiger partial charge in [-0.2, -0.15) is 0 Å². The zero-order valence-electron chi connectivity index (χ0n) is 14.3. The number of carbonyl (C=O) groups excluding carboxylic acids is 2. The first-order valence-corrected chi connectivity index (χ1v) is 7.78. The Bertz CT molecular complexity index is 812. The maximum Gasteiger partial charge on any atom is 0.433 e. The lowest BCUT2D eigenvalue weighted by atomic mass is 10.2. The number of hydrogen-bond donors (Lipinski definition) is 0. The molecule has 0 radical (unpaired) electrons. The molecule has 1 aromatic heterocycles. The summed E-state index contributed by atoms with van der Waals surface area (Å²) >= 11 is 0. The Morgan fingerprint density at radius 3 is 2.58 bits per heavy atom. The number of carbonyl (C=O) groups is 2. The van der Waals surface area contributed by atoms with E-state index in [-0.39, 0.29) is 11.7 Å². The Hall–Kier alpha value is -3.42. The number of benzene rings is 1. The molecule has 0 aliphatic rings. The Morgan fingerprint density at radius 2 is 1.96 bits per heavy atom. The summed E-state index contributed by atoms with van der Waals surface area (Å²) < 4.78 is 9.94. The number of esters is 1. The molecule has 1 amide bonds. The van der Waals surface area contributed by atoms with E-state index in [4.69, 9.17) is 9.15 Å². The summed E-state index contributed by atoms with van der Waals surface area (Å²) in [6, 6.07) is 12.0. The second-order valence-electron chi connectivity index (χ2n) is 5.53. The smallest absolute Gasteiger partial charge is 0.433 e. The molecule has 2 rings (SSSR count). The molecule has 0 aliphatic heterocycles. The lowest BCUT2D eigenvalue weighted by Gasteiger charge is -2.21. The van der Waals surface area contributed by atoms with Crippen molar-refractivity contribution in [3.8, 4) is 0 Å². The first-order chi connectivity index (χ1) is 12.4. The van der Waals surface area contributed by atoms with E-state index in [1.807, 2.05) is 30.3 Å². The summed E-state index contributed by atoms with van der Waals surface area (Å²) in [6.45, 7) is 1.88. The summed E-state index contributed by atoms with van der Waals surface area (Å²) in [6.07, 6.45) is 1.32. The van der Waals surface area contributed by atoms with Crippen LogP contribution in [-0.2, 0) is 20.9 Å². The minimum Gasteiger partial charge on any atom is -0.449 e. The SMILES string of the molecule is C[C@H](OC(=O)/C=C/c1ccc([N+](=O)[O-])o1)C(=O)N(C)Cc1ccccc1. The molecule has 1 atom stereocenters. The normalized spacial score (nSPS) is 11.9. The number of nitrogens with zero attached hydrogens (tertiary/aromatic N) is 2. The van der Waals surface area contributed by atoms with Crippen molar-refractivity contribution in [2.45, 2.75) is 19.6 Å². The molecule has 136 valence electrons. The van der Waals surface area contributed by atoms with Crippen LogP contribution < -0.4 is 0 Å². The Kier molecular flexibility index (Phi) is 6.26. The van der Waals surface area contributed by atoms with Crippen molar-refractivity contribution in [2.24, 2.45) is 0 Å². The highest BCUT2D eigenvalue weighted by atomic mass is 16.6. The molecule has 8 heteroatoms. The lowest BCUT2D eigenvalue weighted by molar-refractivity contribution is -0.402. The predicted octanol–water partition coefficient (Wildman–Crippen LogP) is 2.79. The van der Waals surface area contributed by atoms with E-state index in [2.05, 4.69) is 0 Å². The van der Waals surface area contributed by atoms with Gasteiger partial charge in [-0.1, -0.05) is 30.3 Å². The van der Waals surface area contributed by atoms with E-state index in [1.54, 1.807) is 7.05 Å². The van der Waals surface area contributed by atoms with Gasteiger partial charge in [0.05, 0.1) is 6.07 Å². The molecule has 0 bridgehead atoms. The van der Waals surface area contributed by atoms with Gasteiger partial charge in [-0.15, -0.1) is 0 Å². The molecule has 2 aromatic rings. The number of rotatable bonds is 7. The van der Waals surface area contributed by atoms with Crippen LogP contribution in [0.2, 0.25) is 0 Å². The quantitative estimate of drug-likeness (QED) is 0.326. The summed E-state index contributed by atoms with van der Waals surface area (Å²) in [5, 5.41) is 10.5. The van der Waals surface area contributed by atoms with Crippen LogP contribution in [0.3, 0.4) is 0 Å². The second-order valence-corrected chi connectivity index (χ2v) is 5.53. The predicted molar refractivity (Wildman–Crippen MR) is 92.9 cm³/mol. The molecule has 8 nitrogen and oxygen atoms in total. The Labute approximate surface area is 149 Å². The second kappa shape index (κ2) is 8.61. The van der Waals surface area contributed by atoms with Crippen LogP contribution >= 0.6 is 0 Å². The van der Waals surface area contributed by atoms with Crippen molar-refractivity contribution >= 4 is 23.8 Å². The van der Waals surface area contributed by atoms with E-state index in [9.17, 15) is 19.7 Å². The number of nitro groups is 1. The van der Waals surface area contributed by atoms with E-state index in [0.29, 0.717) is 6.54 Å². The van der Waals surface area contributed by atoms with Crippen molar-refractivity contribution in [1.82, 2.24) is 4.90 Å². The fraction of sp³-hybridized carbons (Fsp3) is 0.222. The van der Waals surface area contributed by atoms with Crippen molar-refractivity contribution in [1.29, 1.82) is 0 Å². The van der Waals surface area contributed by atoms with E-state index >= 15 is 0 Å². The summed E-state index contributed by atoms with van der Waals surface area (Å²) in [5.74, 6) is -1.39. The third-order valence-electron chi connectivity index (χ3n) is 3.46. The third kappa shape index (κ3) is 5.30. The molecule has 0 unspecified atom stereocenters. The van der Waals surface area contributed by atoms with Crippen molar-refractivity contribution < 1.29 is 23.7 Å². The Morgan fingerprint density at radius 1 is 1.27 bits per heavy atom. The number of ether oxygens (including phenoxy) is 1. The largest absolute Gasteiger partial charge is 0.449 e. The summed E-state index contributed by atoms with van der Waals surface area (Å²) in [4.78, 5) is 35.4. The highest BCUT2D eigenvalue weighted by Gasteiger charge is 2.20. The molecule has 0 spiro atoms. The van der Waals surface area contributed by atoms with Crippen LogP contribution in [0, 0.1) is 10.1 Å². The number of hydrogen-bond acceptors (Lipinski definition) is 6. The summed E-state index contributed by atoms with van der Waals surface area (Å²) in [7, 11) is 1.62. The average Bonchev–Trinajstić information content (AvgIpc) is 3.09. The average molecular weight is 358 g/mol. The van der Waals surface area contributed by atoms with Gasteiger partial charge in [-0.05, 0) is 24.6 Å². The van der Waals surface area contributed by atoms with Crippen LogP contribution in [0.15, 0.2) is 53.0 Å². The van der Waals surface area contributed by atoms with Crippen LogP contribution in [0.1, 0.15) is 18.2 Å². The zero-order valence-corrected chi connectivity index (χ0v) is 14.3. The van der Waals surface area contributed by atoms with Gasteiger partial charge in [0.2, 0.25) is 0 Å². The first-order valence-electron chi connectivity index (χ1n) is 7.78. The van der Waals surface area contributed by atoms with Gasteiger partial charge in [-0.25, -0.2) is 4.79 Å². The molecule has 0 saturated heterocycles.